The average Bonchev–Trinajstić information content (AvgIpc) is 3.11. The van der Waals surface area contributed by atoms with Crippen molar-refractivity contribution in [1.29, 1.82) is 0 Å². The van der Waals surface area contributed by atoms with Crippen molar-refractivity contribution < 1.29 is 4.79 Å². The van der Waals surface area contributed by atoms with Gasteiger partial charge < -0.3 is 15.5 Å². The molecule has 0 spiro atoms. The Morgan fingerprint density at radius 3 is 2.46 bits per heavy atom. The van der Waals surface area contributed by atoms with Crippen LogP contribution in [0.3, 0.4) is 0 Å². The average molecular weight is 396 g/mol. The molecule has 2 aromatic carbocycles. The first-order valence-corrected chi connectivity index (χ1v) is 8.47. The Balaban J connectivity index is 0.00000169. The van der Waals surface area contributed by atoms with Gasteiger partial charge in [0.2, 0.25) is 0 Å². The van der Waals surface area contributed by atoms with E-state index < -0.39 is 0 Å². The van der Waals surface area contributed by atoms with Gasteiger partial charge in [0.15, 0.2) is 0 Å². The van der Waals surface area contributed by atoms with Crippen LogP contribution in [0.5, 0.6) is 0 Å². The molecule has 142 valence electrons. The fourth-order valence-electron chi connectivity index (χ4n) is 3.32. The van der Waals surface area contributed by atoms with Crippen LogP contribution in [0.15, 0.2) is 48.5 Å². The van der Waals surface area contributed by atoms with E-state index in [0.717, 1.165) is 30.5 Å². The summed E-state index contributed by atoms with van der Waals surface area (Å²) in [5.41, 5.74) is 9.80. The van der Waals surface area contributed by atoms with Crippen molar-refractivity contribution in [2.24, 2.45) is 5.73 Å². The van der Waals surface area contributed by atoms with Crippen LogP contribution in [0, 0.1) is 0 Å². The lowest BCUT2D eigenvalue weighted by Crippen LogP contribution is -2.30. The molecule has 1 saturated heterocycles. The number of amides is 1. The van der Waals surface area contributed by atoms with E-state index >= 15 is 0 Å². The molecule has 2 aromatic rings. The van der Waals surface area contributed by atoms with Crippen LogP contribution in [-0.2, 0) is 6.54 Å². The molecule has 1 atom stereocenters. The second-order valence-corrected chi connectivity index (χ2v) is 6.55. The van der Waals surface area contributed by atoms with Crippen LogP contribution in [-0.4, -0.2) is 31.4 Å². The minimum Gasteiger partial charge on any atom is -0.378 e. The van der Waals surface area contributed by atoms with Gasteiger partial charge >= 0.3 is 0 Å². The Morgan fingerprint density at radius 1 is 1.15 bits per heavy atom. The number of hydrogen-bond acceptors (Lipinski definition) is 3. The number of likely N-dealkylation sites (tertiary alicyclic amines) is 1. The Labute approximate surface area is 168 Å². The van der Waals surface area contributed by atoms with Crippen LogP contribution < -0.4 is 10.6 Å². The summed E-state index contributed by atoms with van der Waals surface area (Å²) in [6, 6.07) is 16.3. The summed E-state index contributed by atoms with van der Waals surface area (Å²) in [5.74, 6) is 0.108. The predicted molar refractivity (Wildman–Crippen MR) is 113 cm³/mol. The second kappa shape index (κ2) is 9.81. The van der Waals surface area contributed by atoms with Gasteiger partial charge in [-0.15, -0.1) is 24.8 Å². The normalized spacial score (nSPS) is 15.8. The monoisotopic (exact) mass is 395 g/mol. The maximum atomic E-state index is 12.9. The molecule has 0 radical (unpaired) electrons. The maximum Gasteiger partial charge on any atom is 0.254 e. The lowest BCUT2D eigenvalue weighted by Gasteiger charge is -2.26. The van der Waals surface area contributed by atoms with E-state index in [2.05, 4.69) is 29.2 Å². The first-order chi connectivity index (χ1) is 11.6. The number of nitrogens with zero attached hydrogens (tertiary/aromatic N) is 2. The molecule has 4 nitrogen and oxygen atoms in total. The Morgan fingerprint density at radius 2 is 1.85 bits per heavy atom. The summed E-state index contributed by atoms with van der Waals surface area (Å²) in [6.07, 6.45) is 2.06. The van der Waals surface area contributed by atoms with Crippen molar-refractivity contribution in [3.8, 4) is 0 Å². The summed E-state index contributed by atoms with van der Waals surface area (Å²) in [5, 5.41) is 0. The second-order valence-electron chi connectivity index (χ2n) is 6.55. The summed E-state index contributed by atoms with van der Waals surface area (Å²) in [7, 11) is 4.07. The number of halogens is 2. The van der Waals surface area contributed by atoms with E-state index in [1.807, 2.05) is 43.3 Å². The highest BCUT2D eigenvalue weighted by atomic mass is 35.5. The SMILES string of the molecule is CN(C)c1cccc(C2CCCN2C(=O)c2ccc(CN)cc2)c1.Cl.Cl. The summed E-state index contributed by atoms with van der Waals surface area (Å²) in [4.78, 5) is 17.0. The zero-order valence-corrected chi connectivity index (χ0v) is 16.9. The molecule has 1 heterocycles. The molecule has 2 N–H and O–H groups in total. The third-order valence-corrected chi connectivity index (χ3v) is 4.72. The van der Waals surface area contributed by atoms with Gasteiger partial charge in [0.05, 0.1) is 6.04 Å². The Kier molecular flexibility index (Phi) is 8.41. The number of nitrogens with two attached hydrogens (primary N) is 1. The van der Waals surface area contributed by atoms with Crippen LogP contribution in [0.25, 0.3) is 0 Å². The molecular weight excluding hydrogens is 369 g/mol. The van der Waals surface area contributed by atoms with Crippen LogP contribution in [0.2, 0.25) is 0 Å². The Bertz CT molecular complexity index is 719. The number of benzene rings is 2. The minimum absolute atomic E-state index is 0. The third kappa shape index (κ3) is 4.70. The molecular formula is C20H27Cl2N3O. The van der Waals surface area contributed by atoms with Gasteiger partial charge in [0, 0.05) is 38.4 Å². The van der Waals surface area contributed by atoms with Crippen molar-refractivity contribution in [3.63, 3.8) is 0 Å². The molecule has 0 saturated carbocycles. The fraction of sp³-hybridized carbons (Fsp3) is 0.350. The summed E-state index contributed by atoms with van der Waals surface area (Å²) < 4.78 is 0. The molecule has 3 rings (SSSR count). The molecule has 1 aliphatic rings. The predicted octanol–water partition coefficient (Wildman–Crippen LogP) is 4.03. The van der Waals surface area contributed by atoms with Crippen LogP contribution in [0.1, 0.15) is 40.4 Å². The number of anilines is 1. The number of carbonyl (C=O) groups excluding carboxylic acids is 1. The highest BCUT2D eigenvalue weighted by Crippen LogP contribution is 2.34. The van der Waals surface area contributed by atoms with E-state index in [1.165, 1.54) is 11.3 Å². The molecule has 1 fully saturated rings. The van der Waals surface area contributed by atoms with E-state index in [4.69, 9.17) is 5.73 Å². The van der Waals surface area contributed by atoms with Gasteiger partial charge in [-0.25, -0.2) is 0 Å². The highest BCUT2D eigenvalue weighted by molar-refractivity contribution is 5.94. The van der Waals surface area contributed by atoms with Gasteiger partial charge in [-0.3, -0.25) is 4.79 Å². The molecule has 6 heteroatoms. The van der Waals surface area contributed by atoms with Gasteiger partial charge in [0.25, 0.3) is 5.91 Å². The molecule has 26 heavy (non-hydrogen) atoms. The van der Waals surface area contributed by atoms with E-state index in [0.29, 0.717) is 6.54 Å². The first-order valence-electron chi connectivity index (χ1n) is 8.47. The minimum atomic E-state index is 0. The van der Waals surface area contributed by atoms with E-state index in [1.54, 1.807) is 0 Å². The first kappa shape index (κ1) is 22.3. The molecule has 0 aliphatic carbocycles. The fourth-order valence-corrected chi connectivity index (χ4v) is 3.32. The van der Waals surface area contributed by atoms with Gasteiger partial charge in [-0.1, -0.05) is 24.3 Å². The van der Waals surface area contributed by atoms with Gasteiger partial charge in [0.1, 0.15) is 0 Å². The van der Waals surface area contributed by atoms with Crippen molar-refractivity contribution in [3.05, 3.63) is 65.2 Å². The maximum absolute atomic E-state index is 12.9. The summed E-state index contributed by atoms with van der Waals surface area (Å²) >= 11 is 0. The van der Waals surface area contributed by atoms with E-state index in [-0.39, 0.29) is 36.8 Å². The lowest BCUT2D eigenvalue weighted by atomic mass is 10.0. The number of carbonyl (C=O) groups is 1. The van der Waals surface area contributed by atoms with Gasteiger partial charge in [-0.05, 0) is 48.2 Å². The molecule has 0 bridgehead atoms. The molecule has 1 unspecified atom stereocenters. The topological polar surface area (TPSA) is 49.6 Å². The van der Waals surface area contributed by atoms with Crippen molar-refractivity contribution in [2.75, 3.05) is 25.5 Å². The molecule has 0 aromatic heterocycles. The lowest BCUT2D eigenvalue weighted by molar-refractivity contribution is 0.0735. The van der Waals surface area contributed by atoms with Gasteiger partial charge in [-0.2, -0.15) is 0 Å². The zero-order valence-electron chi connectivity index (χ0n) is 15.2. The standard InChI is InChI=1S/C20H25N3O.2ClH/c1-22(2)18-6-3-5-17(13-18)19-7-4-12-23(19)20(24)16-10-8-15(14-21)9-11-16;;/h3,5-6,8-11,13,19H,4,7,12,14,21H2,1-2H3;2*1H. The largest absolute Gasteiger partial charge is 0.378 e. The molecule has 1 amide bonds. The Hall–Kier alpha value is -1.75. The smallest absolute Gasteiger partial charge is 0.254 e. The van der Waals surface area contributed by atoms with Crippen LogP contribution in [0.4, 0.5) is 5.69 Å². The van der Waals surface area contributed by atoms with Crippen molar-refractivity contribution in [2.45, 2.75) is 25.4 Å². The third-order valence-electron chi connectivity index (χ3n) is 4.72. The zero-order chi connectivity index (χ0) is 17.1. The summed E-state index contributed by atoms with van der Waals surface area (Å²) in [6.45, 7) is 1.31. The quantitative estimate of drug-likeness (QED) is 0.849. The number of hydrogen-bond donors (Lipinski definition) is 1. The van der Waals surface area contributed by atoms with Crippen LogP contribution >= 0.6 is 24.8 Å². The highest BCUT2D eigenvalue weighted by Gasteiger charge is 2.30. The van der Waals surface area contributed by atoms with E-state index in [9.17, 15) is 4.79 Å². The van der Waals surface area contributed by atoms with Crippen molar-refractivity contribution >= 4 is 36.4 Å². The molecule has 1 aliphatic heterocycles. The van der Waals surface area contributed by atoms with Crippen molar-refractivity contribution in [1.82, 2.24) is 4.90 Å². The number of rotatable bonds is 4.